The summed E-state index contributed by atoms with van der Waals surface area (Å²) in [5, 5.41) is 19.5. The van der Waals surface area contributed by atoms with Crippen LogP contribution in [0.25, 0.3) is 0 Å². The van der Waals surface area contributed by atoms with Crippen LogP contribution in [0.3, 0.4) is 0 Å². The number of rotatable bonds is 4. The van der Waals surface area contributed by atoms with Crippen LogP contribution in [0.15, 0.2) is 22.8 Å². The number of hydrogen-bond donors (Lipinski definition) is 3. The van der Waals surface area contributed by atoms with Gasteiger partial charge in [0.25, 0.3) is 0 Å². The van der Waals surface area contributed by atoms with Crippen LogP contribution in [0.1, 0.15) is 5.01 Å². The van der Waals surface area contributed by atoms with Gasteiger partial charge >= 0.3 is 11.9 Å². The summed E-state index contributed by atoms with van der Waals surface area (Å²) in [5.74, 6) is -3.09. The van der Waals surface area contributed by atoms with Crippen LogP contribution in [0.4, 0.5) is 0 Å². The first-order valence-electron chi connectivity index (χ1n) is 3.86. The van der Waals surface area contributed by atoms with Gasteiger partial charge in [0.05, 0.1) is 5.01 Å². The zero-order chi connectivity index (χ0) is 11.4. The highest BCUT2D eigenvalue weighted by Crippen LogP contribution is 2.11. The van der Waals surface area contributed by atoms with Crippen molar-refractivity contribution in [1.29, 1.82) is 0 Å². The maximum Gasteiger partial charge on any atom is 0.344 e. The fourth-order valence-electron chi connectivity index (χ4n) is 0.958. The molecular weight excluding hydrogens is 220 g/mol. The molecule has 0 spiro atoms. The summed E-state index contributed by atoms with van der Waals surface area (Å²) in [6.07, 6.45) is 1.57. The number of aromatic nitrogens is 1. The van der Waals surface area contributed by atoms with Crippen molar-refractivity contribution in [3.8, 4) is 0 Å². The van der Waals surface area contributed by atoms with E-state index < -0.39 is 17.5 Å². The number of allylic oxidation sites excluding steroid dienone is 1. The van der Waals surface area contributed by atoms with Gasteiger partial charge in [0, 0.05) is 23.7 Å². The highest BCUT2D eigenvalue weighted by molar-refractivity contribution is 7.09. The quantitative estimate of drug-likeness (QED) is 0.381. The van der Waals surface area contributed by atoms with E-state index in [1.165, 1.54) is 17.5 Å². The van der Waals surface area contributed by atoms with Gasteiger partial charge in [0.1, 0.15) is 0 Å². The summed E-state index contributed by atoms with van der Waals surface area (Å²) >= 11 is 1.28. The number of carbonyl (C=O) groups is 2. The summed E-state index contributed by atoms with van der Waals surface area (Å²) in [6, 6.07) is 0. The Balaban J connectivity index is 2.96. The van der Waals surface area contributed by atoms with E-state index in [-0.39, 0.29) is 12.1 Å². The normalized spacial score (nSPS) is 9.60. The Kier molecular flexibility index (Phi) is 3.40. The van der Waals surface area contributed by atoms with Crippen molar-refractivity contribution in [2.45, 2.75) is 6.42 Å². The van der Waals surface area contributed by atoms with Crippen molar-refractivity contribution in [3.05, 3.63) is 27.9 Å². The van der Waals surface area contributed by atoms with E-state index in [1.54, 1.807) is 5.38 Å². The standard InChI is InChI=1S/C8H8N2O4S/c9-4(3-5-10-1-2-15-5)6(7(11)12)8(13)14/h1-2H,3,9H2,(H,11,12)(H,13,14). The van der Waals surface area contributed by atoms with Crippen molar-refractivity contribution in [2.75, 3.05) is 0 Å². The lowest BCUT2D eigenvalue weighted by Gasteiger charge is -2.01. The summed E-state index contributed by atoms with van der Waals surface area (Å²) in [5.41, 5.74) is 4.39. The molecule has 1 heterocycles. The molecule has 0 radical (unpaired) electrons. The summed E-state index contributed by atoms with van der Waals surface area (Å²) in [6.45, 7) is 0. The number of hydrogen-bond acceptors (Lipinski definition) is 5. The molecule has 0 fully saturated rings. The molecule has 1 rings (SSSR count). The van der Waals surface area contributed by atoms with E-state index in [0.29, 0.717) is 5.01 Å². The smallest absolute Gasteiger partial charge is 0.344 e. The molecule has 0 aliphatic carbocycles. The molecule has 0 unspecified atom stereocenters. The summed E-state index contributed by atoms with van der Waals surface area (Å²) in [4.78, 5) is 25.0. The third-order valence-electron chi connectivity index (χ3n) is 1.57. The maximum absolute atomic E-state index is 10.6. The molecule has 0 amide bonds. The molecule has 80 valence electrons. The average molecular weight is 228 g/mol. The van der Waals surface area contributed by atoms with E-state index in [2.05, 4.69) is 4.98 Å². The second-order valence-corrected chi connectivity index (χ2v) is 3.59. The predicted molar refractivity (Wildman–Crippen MR) is 52.3 cm³/mol. The molecule has 7 heteroatoms. The van der Waals surface area contributed by atoms with Crippen LogP contribution >= 0.6 is 11.3 Å². The third-order valence-corrected chi connectivity index (χ3v) is 2.35. The minimum atomic E-state index is -1.54. The van der Waals surface area contributed by atoms with Gasteiger partial charge in [-0.25, -0.2) is 14.6 Å². The number of aliphatic carboxylic acids is 2. The average Bonchev–Trinajstić information content (AvgIpc) is 2.54. The van der Waals surface area contributed by atoms with E-state index in [1.807, 2.05) is 0 Å². The molecule has 15 heavy (non-hydrogen) atoms. The largest absolute Gasteiger partial charge is 0.477 e. The molecule has 6 nitrogen and oxygen atoms in total. The summed E-state index contributed by atoms with van der Waals surface area (Å²) in [7, 11) is 0. The van der Waals surface area contributed by atoms with Gasteiger partial charge in [-0.2, -0.15) is 0 Å². The SMILES string of the molecule is NC(Cc1nccs1)=C(C(=O)O)C(=O)O. The van der Waals surface area contributed by atoms with Crippen molar-refractivity contribution in [3.63, 3.8) is 0 Å². The van der Waals surface area contributed by atoms with Crippen molar-refractivity contribution < 1.29 is 19.8 Å². The fraction of sp³-hybridized carbons (Fsp3) is 0.125. The van der Waals surface area contributed by atoms with E-state index in [9.17, 15) is 9.59 Å². The number of carboxylic acid groups (broad SMARTS) is 2. The van der Waals surface area contributed by atoms with Crippen molar-refractivity contribution in [2.24, 2.45) is 5.73 Å². The highest BCUT2D eigenvalue weighted by atomic mass is 32.1. The van der Waals surface area contributed by atoms with Gasteiger partial charge in [-0.15, -0.1) is 11.3 Å². The molecule has 0 aliphatic heterocycles. The number of nitrogens with two attached hydrogens (primary N) is 1. The Morgan fingerprint density at radius 2 is 2.00 bits per heavy atom. The lowest BCUT2D eigenvalue weighted by molar-refractivity contribution is -0.140. The topological polar surface area (TPSA) is 114 Å². The molecule has 0 aliphatic rings. The number of nitrogens with zero attached hydrogens (tertiary/aromatic N) is 1. The van der Waals surface area contributed by atoms with E-state index in [4.69, 9.17) is 15.9 Å². The van der Waals surface area contributed by atoms with Gasteiger partial charge in [0.2, 0.25) is 0 Å². The molecule has 0 saturated heterocycles. The zero-order valence-corrected chi connectivity index (χ0v) is 8.32. The Bertz CT molecular complexity index is 394. The molecule has 1 aromatic rings. The second kappa shape index (κ2) is 4.56. The maximum atomic E-state index is 10.6. The van der Waals surface area contributed by atoms with Gasteiger partial charge in [-0.05, 0) is 0 Å². The Morgan fingerprint density at radius 3 is 2.40 bits per heavy atom. The first-order valence-corrected chi connectivity index (χ1v) is 4.74. The van der Waals surface area contributed by atoms with E-state index in [0.717, 1.165) is 0 Å². The van der Waals surface area contributed by atoms with Crippen LogP contribution in [-0.4, -0.2) is 27.1 Å². The minimum absolute atomic E-state index is 0.0333. The van der Waals surface area contributed by atoms with Crippen LogP contribution in [0, 0.1) is 0 Å². The van der Waals surface area contributed by atoms with Crippen LogP contribution in [0.2, 0.25) is 0 Å². The molecular formula is C8H8N2O4S. The lowest BCUT2D eigenvalue weighted by atomic mass is 10.1. The minimum Gasteiger partial charge on any atom is -0.477 e. The Morgan fingerprint density at radius 1 is 1.40 bits per heavy atom. The molecule has 0 saturated carbocycles. The molecule has 0 aromatic carbocycles. The molecule has 0 atom stereocenters. The first-order chi connectivity index (χ1) is 7.02. The van der Waals surface area contributed by atoms with E-state index >= 15 is 0 Å². The Labute approximate surface area is 88.7 Å². The summed E-state index contributed by atoms with van der Waals surface area (Å²) < 4.78 is 0. The van der Waals surface area contributed by atoms with Gasteiger partial charge in [-0.1, -0.05) is 0 Å². The van der Waals surface area contributed by atoms with Crippen LogP contribution in [-0.2, 0) is 16.0 Å². The Hall–Kier alpha value is -1.89. The predicted octanol–water partition coefficient (Wildman–Crippen LogP) is 0.0676. The van der Waals surface area contributed by atoms with Crippen molar-refractivity contribution in [1.82, 2.24) is 4.98 Å². The lowest BCUT2D eigenvalue weighted by Crippen LogP contribution is -2.19. The third kappa shape index (κ3) is 2.78. The van der Waals surface area contributed by atoms with Crippen LogP contribution < -0.4 is 5.73 Å². The van der Waals surface area contributed by atoms with Gasteiger partial charge < -0.3 is 15.9 Å². The first kappa shape index (κ1) is 11.2. The number of thiazole rings is 1. The fourth-order valence-corrected chi connectivity index (χ4v) is 1.60. The number of carboxylic acids is 2. The van der Waals surface area contributed by atoms with Gasteiger partial charge in [0.15, 0.2) is 5.57 Å². The zero-order valence-electron chi connectivity index (χ0n) is 7.51. The molecule has 0 bridgehead atoms. The monoisotopic (exact) mass is 228 g/mol. The van der Waals surface area contributed by atoms with Crippen molar-refractivity contribution >= 4 is 23.3 Å². The molecule has 4 N–H and O–H groups in total. The highest BCUT2D eigenvalue weighted by Gasteiger charge is 2.20. The second-order valence-electron chi connectivity index (χ2n) is 2.61. The molecule has 1 aromatic heterocycles. The van der Waals surface area contributed by atoms with Gasteiger partial charge in [-0.3, -0.25) is 0 Å². The van der Waals surface area contributed by atoms with Crippen LogP contribution in [0.5, 0.6) is 0 Å².